The zero-order valence-electron chi connectivity index (χ0n) is 9.79. The molecule has 0 saturated carbocycles. The fourth-order valence-electron chi connectivity index (χ4n) is 1.38. The van der Waals surface area contributed by atoms with Crippen LogP contribution in [-0.4, -0.2) is 31.4 Å². The van der Waals surface area contributed by atoms with Gasteiger partial charge in [-0.3, -0.25) is 4.79 Å². The lowest BCUT2D eigenvalue weighted by Gasteiger charge is -2.20. The average molecular weight is 302 g/mol. The summed E-state index contributed by atoms with van der Waals surface area (Å²) in [6.45, 7) is 2.58. The second-order valence-corrected chi connectivity index (χ2v) is 5.48. The molecule has 0 aliphatic rings. The molecule has 0 fully saturated rings. The van der Waals surface area contributed by atoms with Gasteiger partial charge in [-0.1, -0.05) is 0 Å². The molecule has 0 spiro atoms. The van der Waals surface area contributed by atoms with Crippen molar-refractivity contribution in [2.24, 2.45) is 0 Å². The molecule has 0 atom stereocenters. The Morgan fingerprint density at radius 2 is 2.19 bits per heavy atom. The van der Waals surface area contributed by atoms with Crippen molar-refractivity contribution >= 4 is 39.2 Å². The monoisotopic (exact) mass is 301 g/mol. The Kier molecular flexibility index (Phi) is 5.35. The first-order chi connectivity index (χ1) is 7.56. The molecule has 0 N–H and O–H groups in total. The highest BCUT2D eigenvalue weighted by atomic mass is 79.9. The van der Waals surface area contributed by atoms with Gasteiger partial charge in [-0.15, -0.1) is 0 Å². The van der Waals surface area contributed by atoms with Crippen LogP contribution in [0.4, 0.5) is 5.69 Å². The Bertz CT molecular complexity index is 381. The minimum absolute atomic E-state index is 0.0963. The molecule has 16 heavy (non-hydrogen) atoms. The van der Waals surface area contributed by atoms with Gasteiger partial charge in [0.1, 0.15) is 0 Å². The molecule has 0 saturated heterocycles. The van der Waals surface area contributed by atoms with Crippen LogP contribution < -0.4 is 4.90 Å². The molecular weight excluding hydrogens is 286 g/mol. The lowest BCUT2D eigenvalue weighted by Crippen LogP contribution is -2.20. The standard InChI is InChI=1S/C12H16BrNOS/c1-9(15)10-4-5-12(11(13)8-10)14(2)6-7-16-3/h4-5,8H,6-7H2,1-3H3. The van der Waals surface area contributed by atoms with Crippen LogP contribution in [0.15, 0.2) is 22.7 Å². The summed E-state index contributed by atoms with van der Waals surface area (Å²) in [4.78, 5) is 13.4. The van der Waals surface area contributed by atoms with E-state index in [-0.39, 0.29) is 5.78 Å². The number of thioether (sulfide) groups is 1. The van der Waals surface area contributed by atoms with Crippen LogP contribution in [0.3, 0.4) is 0 Å². The Balaban J connectivity index is 2.85. The molecule has 0 amide bonds. The maximum atomic E-state index is 11.2. The van der Waals surface area contributed by atoms with Gasteiger partial charge >= 0.3 is 0 Å². The van der Waals surface area contributed by atoms with Crippen LogP contribution >= 0.6 is 27.7 Å². The van der Waals surface area contributed by atoms with Crippen molar-refractivity contribution < 1.29 is 4.79 Å². The van der Waals surface area contributed by atoms with E-state index >= 15 is 0 Å². The minimum Gasteiger partial charge on any atom is -0.373 e. The van der Waals surface area contributed by atoms with E-state index in [0.29, 0.717) is 0 Å². The molecule has 1 aromatic carbocycles. The zero-order chi connectivity index (χ0) is 12.1. The number of carbonyl (C=O) groups excluding carboxylic acids is 1. The van der Waals surface area contributed by atoms with Crippen molar-refractivity contribution in [1.82, 2.24) is 0 Å². The number of carbonyl (C=O) groups is 1. The number of rotatable bonds is 5. The predicted molar refractivity (Wildman–Crippen MR) is 75.8 cm³/mol. The third-order valence-corrected chi connectivity index (χ3v) is 3.62. The maximum Gasteiger partial charge on any atom is 0.159 e. The second kappa shape index (κ2) is 6.30. The smallest absolute Gasteiger partial charge is 0.159 e. The molecule has 88 valence electrons. The summed E-state index contributed by atoms with van der Waals surface area (Å²) in [5.41, 5.74) is 1.87. The van der Waals surface area contributed by atoms with Gasteiger partial charge in [-0.05, 0) is 47.3 Å². The van der Waals surface area contributed by atoms with Gasteiger partial charge in [0.15, 0.2) is 5.78 Å². The van der Waals surface area contributed by atoms with E-state index in [1.807, 2.05) is 30.0 Å². The highest BCUT2D eigenvalue weighted by Crippen LogP contribution is 2.26. The van der Waals surface area contributed by atoms with E-state index in [1.165, 1.54) is 0 Å². The van der Waals surface area contributed by atoms with E-state index in [4.69, 9.17) is 0 Å². The molecule has 0 heterocycles. The van der Waals surface area contributed by atoms with Crippen molar-refractivity contribution in [1.29, 1.82) is 0 Å². The molecule has 2 nitrogen and oxygen atoms in total. The molecule has 0 aromatic heterocycles. The number of hydrogen-bond acceptors (Lipinski definition) is 3. The normalized spacial score (nSPS) is 10.2. The van der Waals surface area contributed by atoms with Crippen molar-refractivity contribution in [3.05, 3.63) is 28.2 Å². The van der Waals surface area contributed by atoms with Gasteiger partial charge < -0.3 is 4.90 Å². The predicted octanol–water partition coefficient (Wildman–Crippen LogP) is 3.45. The van der Waals surface area contributed by atoms with Crippen molar-refractivity contribution in [3.63, 3.8) is 0 Å². The first-order valence-electron chi connectivity index (χ1n) is 5.07. The average Bonchev–Trinajstić information content (AvgIpc) is 2.25. The van der Waals surface area contributed by atoms with Gasteiger partial charge in [0.2, 0.25) is 0 Å². The summed E-state index contributed by atoms with van der Waals surface area (Å²) in [5.74, 6) is 1.19. The summed E-state index contributed by atoms with van der Waals surface area (Å²) >= 11 is 5.33. The topological polar surface area (TPSA) is 20.3 Å². The molecule has 0 radical (unpaired) electrons. The number of Topliss-reactive ketones (excluding diaryl/α,β-unsaturated/α-hetero) is 1. The number of hydrogen-bond donors (Lipinski definition) is 0. The third-order valence-electron chi connectivity index (χ3n) is 2.40. The molecule has 0 aliphatic heterocycles. The first-order valence-corrected chi connectivity index (χ1v) is 7.25. The number of anilines is 1. The van der Waals surface area contributed by atoms with E-state index < -0.39 is 0 Å². The van der Waals surface area contributed by atoms with Crippen LogP contribution in [0.25, 0.3) is 0 Å². The van der Waals surface area contributed by atoms with Crippen LogP contribution in [0.2, 0.25) is 0 Å². The quantitative estimate of drug-likeness (QED) is 0.777. The van der Waals surface area contributed by atoms with E-state index in [2.05, 4.69) is 34.1 Å². The number of nitrogens with zero attached hydrogens (tertiary/aromatic N) is 1. The highest BCUT2D eigenvalue weighted by molar-refractivity contribution is 9.10. The maximum absolute atomic E-state index is 11.2. The fourth-order valence-corrected chi connectivity index (χ4v) is 2.52. The Morgan fingerprint density at radius 3 is 2.69 bits per heavy atom. The summed E-state index contributed by atoms with van der Waals surface area (Å²) in [5, 5.41) is 0. The van der Waals surface area contributed by atoms with Crippen molar-refractivity contribution in [3.8, 4) is 0 Å². The molecule has 4 heteroatoms. The van der Waals surface area contributed by atoms with Gasteiger partial charge in [0.05, 0.1) is 5.69 Å². The van der Waals surface area contributed by atoms with E-state index in [0.717, 1.165) is 28.0 Å². The lowest BCUT2D eigenvalue weighted by atomic mass is 10.1. The minimum atomic E-state index is 0.0963. The molecule has 1 rings (SSSR count). The largest absolute Gasteiger partial charge is 0.373 e. The fraction of sp³-hybridized carbons (Fsp3) is 0.417. The summed E-state index contributed by atoms with van der Waals surface area (Å²) in [6, 6.07) is 5.74. The number of ketones is 1. The van der Waals surface area contributed by atoms with Gasteiger partial charge in [0.25, 0.3) is 0 Å². The molecule has 0 unspecified atom stereocenters. The van der Waals surface area contributed by atoms with Gasteiger partial charge in [-0.25, -0.2) is 0 Å². The molecule has 1 aromatic rings. The Hall–Kier alpha value is -0.480. The van der Waals surface area contributed by atoms with Crippen molar-refractivity contribution in [2.45, 2.75) is 6.92 Å². The van der Waals surface area contributed by atoms with Crippen LogP contribution in [-0.2, 0) is 0 Å². The lowest BCUT2D eigenvalue weighted by molar-refractivity contribution is 0.101. The molecular formula is C12H16BrNOS. The molecule has 0 bridgehead atoms. The Labute approximate surface area is 110 Å². The number of benzene rings is 1. The first kappa shape index (κ1) is 13.6. The summed E-state index contributed by atoms with van der Waals surface area (Å²) in [7, 11) is 2.06. The number of halogens is 1. The van der Waals surface area contributed by atoms with Gasteiger partial charge in [-0.2, -0.15) is 11.8 Å². The second-order valence-electron chi connectivity index (χ2n) is 3.64. The SMILES string of the molecule is CSCCN(C)c1ccc(C(C)=O)cc1Br. The third kappa shape index (κ3) is 3.52. The summed E-state index contributed by atoms with van der Waals surface area (Å²) < 4.78 is 0.976. The van der Waals surface area contributed by atoms with E-state index in [9.17, 15) is 4.79 Å². The molecule has 0 aliphatic carbocycles. The van der Waals surface area contributed by atoms with Gasteiger partial charge in [0, 0.05) is 29.4 Å². The zero-order valence-corrected chi connectivity index (χ0v) is 12.2. The Morgan fingerprint density at radius 1 is 1.50 bits per heavy atom. The van der Waals surface area contributed by atoms with Crippen LogP contribution in [0.1, 0.15) is 17.3 Å². The summed E-state index contributed by atoms with van der Waals surface area (Å²) in [6.07, 6.45) is 2.10. The van der Waals surface area contributed by atoms with Crippen LogP contribution in [0, 0.1) is 0 Å². The van der Waals surface area contributed by atoms with Crippen molar-refractivity contribution in [2.75, 3.05) is 30.5 Å². The highest BCUT2D eigenvalue weighted by Gasteiger charge is 2.07. The van der Waals surface area contributed by atoms with Crippen LogP contribution in [0.5, 0.6) is 0 Å². The van der Waals surface area contributed by atoms with E-state index in [1.54, 1.807) is 6.92 Å².